The van der Waals surface area contributed by atoms with Crippen molar-refractivity contribution in [3.8, 4) is 17.6 Å². The summed E-state index contributed by atoms with van der Waals surface area (Å²) in [5.41, 5.74) is 0.434. The molecule has 17 heavy (non-hydrogen) atoms. The Kier molecular flexibility index (Phi) is 4.35. The zero-order chi connectivity index (χ0) is 12.8. The van der Waals surface area contributed by atoms with Crippen molar-refractivity contribution < 1.29 is 19.4 Å². The van der Waals surface area contributed by atoms with E-state index in [2.05, 4.69) is 0 Å². The van der Waals surface area contributed by atoms with Crippen LogP contribution in [0.25, 0.3) is 0 Å². The van der Waals surface area contributed by atoms with Gasteiger partial charge in [0.25, 0.3) is 0 Å². The van der Waals surface area contributed by atoms with Crippen LogP contribution in [0.15, 0.2) is 18.2 Å². The first kappa shape index (κ1) is 12.8. The van der Waals surface area contributed by atoms with Crippen LogP contribution in [0.1, 0.15) is 19.4 Å². The van der Waals surface area contributed by atoms with E-state index in [4.69, 9.17) is 19.8 Å². The van der Waals surface area contributed by atoms with Crippen molar-refractivity contribution >= 4 is 5.97 Å². The highest BCUT2D eigenvalue weighted by molar-refractivity contribution is 5.72. The normalized spacial score (nSPS) is 11.4. The van der Waals surface area contributed by atoms with Crippen molar-refractivity contribution in [3.05, 3.63) is 23.8 Å². The van der Waals surface area contributed by atoms with Crippen LogP contribution >= 0.6 is 0 Å². The summed E-state index contributed by atoms with van der Waals surface area (Å²) in [5, 5.41) is 17.5. The fourth-order valence-electron chi connectivity index (χ4n) is 1.18. The third-order valence-corrected chi connectivity index (χ3v) is 2.02. The smallest absolute Gasteiger partial charge is 0.344 e. The highest BCUT2D eigenvalue weighted by Crippen LogP contribution is 2.29. The van der Waals surface area contributed by atoms with Gasteiger partial charge in [-0.1, -0.05) is 0 Å². The van der Waals surface area contributed by atoms with E-state index in [1.54, 1.807) is 13.0 Å². The number of nitriles is 1. The van der Waals surface area contributed by atoms with Gasteiger partial charge < -0.3 is 14.6 Å². The topological polar surface area (TPSA) is 79.5 Å². The number of hydrogen-bond acceptors (Lipinski definition) is 4. The van der Waals surface area contributed by atoms with Crippen LogP contribution in [0.3, 0.4) is 0 Å². The van der Waals surface area contributed by atoms with E-state index < -0.39 is 12.1 Å². The Morgan fingerprint density at radius 1 is 1.53 bits per heavy atom. The van der Waals surface area contributed by atoms with Gasteiger partial charge in [0.05, 0.1) is 18.2 Å². The zero-order valence-electron chi connectivity index (χ0n) is 9.64. The molecule has 0 heterocycles. The number of hydrogen-bond donors (Lipinski definition) is 1. The van der Waals surface area contributed by atoms with Gasteiger partial charge in [-0.15, -0.1) is 0 Å². The maximum atomic E-state index is 10.7. The average molecular weight is 235 g/mol. The van der Waals surface area contributed by atoms with Crippen LogP contribution in [0, 0.1) is 11.3 Å². The van der Waals surface area contributed by atoms with Crippen LogP contribution < -0.4 is 9.47 Å². The number of aliphatic carboxylic acids is 1. The van der Waals surface area contributed by atoms with E-state index in [1.165, 1.54) is 19.1 Å². The third kappa shape index (κ3) is 3.38. The van der Waals surface area contributed by atoms with Gasteiger partial charge in [0.1, 0.15) is 0 Å². The van der Waals surface area contributed by atoms with Crippen LogP contribution in [0.4, 0.5) is 0 Å². The molecule has 0 aliphatic carbocycles. The van der Waals surface area contributed by atoms with Gasteiger partial charge in [-0.3, -0.25) is 0 Å². The third-order valence-electron chi connectivity index (χ3n) is 2.02. The van der Waals surface area contributed by atoms with Gasteiger partial charge in [-0.05, 0) is 26.0 Å². The molecule has 0 bridgehead atoms. The molecule has 0 amide bonds. The van der Waals surface area contributed by atoms with E-state index in [0.29, 0.717) is 23.7 Å². The average Bonchev–Trinajstić information content (AvgIpc) is 2.31. The first-order valence-electron chi connectivity index (χ1n) is 5.15. The second-order valence-corrected chi connectivity index (χ2v) is 3.30. The molecule has 0 radical (unpaired) electrons. The Labute approximate surface area is 99.2 Å². The van der Waals surface area contributed by atoms with Gasteiger partial charge in [0, 0.05) is 6.07 Å². The second-order valence-electron chi connectivity index (χ2n) is 3.30. The molecule has 5 nitrogen and oxygen atoms in total. The minimum absolute atomic E-state index is 0.320. The summed E-state index contributed by atoms with van der Waals surface area (Å²) >= 11 is 0. The Balaban J connectivity index is 2.98. The molecule has 0 saturated heterocycles. The summed E-state index contributed by atoms with van der Waals surface area (Å²) in [7, 11) is 0. The predicted octanol–water partition coefficient (Wildman–Crippen LogP) is 1.81. The maximum Gasteiger partial charge on any atom is 0.344 e. The summed E-state index contributed by atoms with van der Waals surface area (Å²) in [4.78, 5) is 10.7. The van der Waals surface area contributed by atoms with Crippen LogP contribution in [-0.4, -0.2) is 23.8 Å². The van der Waals surface area contributed by atoms with Crippen molar-refractivity contribution in [2.75, 3.05) is 6.61 Å². The Hall–Kier alpha value is -2.22. The maximum absolute atomic E-state index is 10.7. The minimum Gasteiger partial charge on any atom is -0.490 e. The lowest BCUT2D eigenvalue weighted by Gasteiger charge is -2.14. The summed E-state index contributed by atoms with van der Waals surface area (Å²) in [6.07, 6.45) is -0.970. The highest BCUT2D eigenvalue weighted by Gasteiger charge is 2.15. The van der Waals surface area contributed by atoms with Crippen molar-refractivity contribution in [1.82, 2.24) is 0 Å². The van der Waals surface area contributed by atoms with E-state index >= 15 is 0 Å². The molecule has 0 aromatic heterocycles. The molecule has 1 atom stereocenters. The largest absolute Gasteiger partial charge is 0.490 e. The Bertz CT molecular complexity index is 450. The molecule has 0 aliphatic rings. The van der Waals surface area contributed by atoms with Crippen LogP contribution in [-0.2, 0) is 4.79 Å². The van der Waals surface area contributed by atoms with Gasteiger partial charge in [-0.2, -0.15) is 5.26 Å². The van der Waals surface area contributed by atoms with Crippen LogP contribution in [0.5, 0.6) is 11.5 Å². The van der Waals surface area contributed by atoms with Gasteiger partial charge in [0.2, 0.25) is 0 Å². The standard InChI is InChI=1S/C12H13NO4/c1-3-16-11-6-9(7-13)4-5-10(11)17-8(2)12(14)15/h4-6,8H,3H2,1-2H3,(H,14,15). The molecule has 5 heteroatoms. The minimum atomic E-state index is -1.06. The SMILES string of the molecule is CCOc1cc(C#N)ccc1OC(C)C(=O)O. The van der Waals surface area contributed by atoms with Crippen molar-refractivity contribution in [1.29, 1.82) is 5.26 Å². The molecule has 0 fully saturated rings. The van der Waals surface area contributed by atoms with Crippen LogP contribution in [0.2, 0.25) is 0 Å². The fourth-order valence-corrected chi connectivity index (χ4v) is 1.18. The molecule has 1 aromatic rings. The summed E-state index contributed by atoms with van der Waals surface area (Å²) in [5.74, 6) is -0.364. The molecule has 1 aromatic carbocycles. The molecular weight excluding hydrogens is 222 g/mol. The van der Waals surface area contributed by atoms with Gasteiger partial charge >= 0.3 is 5.97 Å². The molecule has 1 rings (SSSR count). The zero-order valence-corrected chi connectivity index (χ0v) is 9.64. The number of nitrogens with zero attached hydrogens (tertiary/aromatic N) is 1. The van der Waals surface area contributed by atoms with Crippen molar-refractivity contribution in [2.24, 2.45) is 0 Å². The molecular formula is C12H13NO4. The molecule has 1 unspecified atom stereocenters. The van der Waals surface area contributed by atoms with Gasteiger partial charge in [0.15, 0.2) is 17.6 Å². The Morgan fingerprint density at radius 2 is 2.24 bits per heavy atom. The quantitative estimate of drug-likeness (QED) is 0.841. The Morgan fingerprint density at radius 3 is 2.76 bits per heavy atom. The first-order valence-corrected chi connectivity index (χ1v) is 5.15. The van der Waals surface area contributed by atoms with Crippen molar-refractivity contribution in [3.63, 3.8) is 0 Å². The molecule has 90 valence electrons. The molecule has 0 saturated carbocycles. The molecule has 0 aliphatic heterocycles. The number of carboxylic acids is 1. The van der Waals surface area contributed by atoms with E-state index in [9.17, 15) is 4.79 Å². The second kappa shape index (κ2) is 5.75. The van der Waals surface area contributed by atoms with Gasteiger partial charge in [-0.25, -0.2) is 4.79 Å². The lowest BCUT2D eigenvalue weighted by atomic mass is 10.2. The molecule has 0 spiro atoms. The van der Waals surface area contributed by atoms with E-state index in [1.807, 2.05) is 6.07 Å². The number of carbonyl (C=O) groups is 1. The summed E-state index contributed by atoms with van der Waals surface area (Å²) in [6.45, 7) is 3.63. The number of benzene rings is 1. The monoisotopic (exact) mass is 235 g/mol. The lowest BCUT2D eigenvalue weighted by Crippen LogP contribution is -2.23. The predicted molar refractivity (Wildman–Crippen MR) is 60.1 cm³/mol. The van der Waals surface area contributed by atoms with E-state index in [-0.39, 0.29) is 0 Å². The number of carboxylic acid groups (broad SMARTS) is 1. The summed E-state index contributed by atoms with van der Waals surface area (Å²) in [6, 6.07) is 6.58. The van der Waals surface area contributed by atoms with E-state index in [0.717, 1.165) is 0 Å². The summed E-state index contributed by atoms with van der Waals surface area (Å²) < 4.78 is 10.5. The fraction of sp³-hybridized carbons (Fsp3) is 0.333. The first-order chi connectivity index (χ1) is 8.08. The number of rotatable bonds is 5. The van der Waals surface area contributed by atoms with Crippen molar-refractivity contribution in [2.45, 2.75) is 20.0 Å². The highest BCUT2D eigenvalue weighted by atomic mass is 16.5. The molecule has 1 N–H and O–H groups in total. The lowest BCUT2D eigenvalue weighted by molar-refractivity contribution is -0.144. The number of ether oxygens (including phenoxy) is 2.